The van der Waals surface area contributed by atoms with Crippen LogP contribution in [0.25, 0.3) is 11.0 Å². The molecule has 0 atom stereocenters. The second-order valence-corrected chi connectivity index (χ2v) is 5.45. The van der Waals surface area contributed by atoms with Crippen LogP contribution in [0.15, 0.2) is 6.20 Å². The summed E-state index contributed by atoms with van der Waals surface area (Å²) in [7, 11) is 3.80. The molecule has 1 saturated heterocycles. The normalized spacial score (nSPS) is 17.5. The molecule has 3 heterocycles. The van der Waals surface area contributed by atoms with Crippen LogP contribution in [0.5, 0.6) is 0 Å². The van der Waals surface area contributed by atoms with Crippen LogP contribution in [0, 0.1) is 0 Å². The van der Waals surface area contributed by atoms with Gasteiger partial charge in [0.25, 0.3) is 0 Å². The van der Waals surface area contributed by atoms with E-state index in [2.05, 4.69) is 37.1 Å². The van der Waals surface area contributed by atoms with Crippen LogP contribution < -0.4 is 5.32 Å². The zero-order chi connectivity index (χ0) is 14.8. The van der Waals surface area contributed by atoms with E-state index in [1.807, 2.05) is 20.3 Å². The number of rotatable bonds is 4. The van der Waals surface area contributed by atoms with E-state index >= 15 is 0 Å². The molecule has 0 bridgehead atoms. The number of anilines is 1. The van der Waals surface area contributed by atoms with Gasteiger partial charge in [0, 0.05) is 40.3 Å². The number of aryl methyl sites for hydroxylation is 1. The van der Waals surface area contributed by atoms with Crippen LogP contribution in [0.2, 0.25) is 0 Å². The topological polar surface area (TPSA) is 62.1 Å². The van der Waals surface area contributed by atoms with Crippen LogP contribution in [-0.2, 0) is 13.6 Å². The molecular formula is C14H23N7. The lowest BCUT2D eigenvalue weighted by Crippen LogP contribution is -2.45. The van der Waals surface area contributed by atoms with Gasteiger partial charge in [-0.05, 0) is 6.54 Å². The Bertz CT molecular complexity index is 613. The van der Waals surface area contributed by atoms with Crippen LogP contribution in [-0.4, -0.2) is 69.3 Å². The van der Waals surface area contributed by atoms with Gasteiger partial charge in [0.15, 0.2) is 5.65 Å². The lowest BCUT2D eigenvalue weighted by atomic mass is 10.3. The Labute approximate surface area is 125 Å². The molecule has 114 valence electrons. The number of likely N-dealkylation sites (N-methyl/N-ethyl adjacent to an activating group) is 1. The number of hydrogen-bond donors (Lipinski definition) is 1. The molecule has 1 aliphatic rings. The highest BCUT2D eigenvalue weighted by Crippen LogP contribution is 2.19. The van der Waals surface area contributed by atoms with Crippen molar-refractivity contribution in [1.29, 1.82) is 0 Å². The highest BCUT2D eigenvalue weighted by molar-refractivity contribution is 5.86. The maximum absolute atomic E-state index is 4.67. The molecular weight excluding hydrogens is 266 g/mol. The highest BCUT2D eigenvalue weighted by atomic mass is 15.3. The Hall–Kier alpha value is -1.73. The summed E-state index contributed by atoms with van der Waals surface area (Å²) in [4.78, 5) is 14.2. The van der Waals surface area contributed by atoms with Crippen LogP contribution >= 0.6 is 0 Å². The minimum atomic E-state index is 0.799. The Morgan fingerprint density at radius 1 is 1.14 bits per heavy atom. The summed E-state index contributed by atoms with van der Waals surface area (Å²) in [6.45, 7) is 8.56. The molecule has 0 amide bonds. The van der Waals surface area contributed by atoms with Gasteiger partial charge in [0.2, 0.25) is 0 Å². The van der Waals surface area contributed by atoms with E-state index in [4.69, 9.17) is 0 Å². The van der Waals surface area contributed by atoms with Gasteiger partial charge >= 0.3 is 0 Å². The summed E-state index contributed by atoms with van der Waals surface area (Å²) in [5.74, 6) is 1.72. The van der Waals surface area contributed by atoms with E-state index < -0.39 is 0 Å². The fraction of sp³-hybridized carbons (Fsp3) is 0.643. The monoisotopic (exact) mass is 289 g/mol. The first-order chi connectivity index (χ1) is 10.2. The number of nitrogens with one attached hydrogen (secondary N) is 1. The third-order valence-corrected chi connectivity index (χ3v) is 4.15. The lowest BCUT2D eigenvalue weighted by molar-refractivity contribution is 0.129. The van der Waals surface area contributed by atoms with Gasteiger partial charge in [-0.2, -0.15) is 5.10 Å². The number of hydrogen-bond acceptors (Lipinski definition) is 6. The number of aromatic nitrogens is 4. The standard InChI is InChI=1S/C14H23N7/c1-4-20-5-7-21(8-6-20)10-12-17-13(15-2)11-9-16-19(3)14(11)18-12/h9H,4-8,10H2,1-3H3,(H,15,17,18). The third kappa shape index (κ3) is 2.84. The van der Waals surface area contributed by atoms with Crippen LogP contribution in [0.4, 0.5) is 5.82 Å². The molecule has 7 heteroatoms. The van der Waals surface area contributed by atoms with E-state index in [0.717, 1.165) is 61.9 Å². The molecule has 0 spiro atoms. The summed E-state index contributed by atoms with van der Waals surface area (Å²) >= 11 is 0. The largest absolute Gasteiger partial charge is 0.372 e. The van der Waals surface area contributed by atoms with E-state index in [-0.39, 0.29) is 0 Å². The van der Waals surface area contributed by atoms with Crippen molar-refractivity contribution in [2.45, 2.75) is 13.5 Å². The minimum Gasteiger partial charge on any atom is -0.372 e. The van der Waals surface area contributed by atoms with Crippen LogP contribution in [0.1, 0.15) is 12.7 Å². The SMILES string of the molecule is CCN1CCN(Cc2nc(NC)c3cnn(C)c3n2)CC1. The van der Waals surface area contributed by atoms with Crippen molar-refractivity contribution < 1.29 is 0 Å². The molecule has 0 saturated carbocycles. The van der Waals surface area contributed by atoms with Crippen molar-refractivity contribution in [2.75, 3.05) is 45.1 Å². The van der Waals surface area contributed by atoms with Crippen molar-refractivity contribution in [3.63, 3.8) is 0 Å². The minimum absolute atomic E-state index is 0.799. The Balaban J connectivity index is 1.79. The summed E-state index contributed by atoms with van der Waals surface area (Å²) in [6, 6.07) is 0. The highest BCUT2D eigenvalue weighted by Gasteiger charge is 2.18. The van der Waals surface area contributed by atoms with E-state index in [1.54, 1.807) is 4.68 Å². The number of piperazine rings is 1. The molecule has 1 aliphatic heterocycles. The van der Waals surface area contributed by atoms with Crippen molar-refractivity contribution in [1.82, 2.24) is 29.5 Å². The maximum Gasteiger partial charge on any atom is 0.163 e. The second kappa shape index (κ2) is 5.95. The zero-order valence-corrected chi connectivity index (χ0v) is 13.0. The smallest absolute Gasteiger partial charge is 0.163 e. The fourth-order valence-corrected chi connectivity index (χ4v) is 2.79. The fourth-order valence-electron chi connectivity index (χ4n) is 2.79. The molecule has 1 fully saturated rings. The molecule has 2 aromatic rings. The summed E-state index contributed by atoms with van der Waals surface area (Å²) in [5.41, 5.74) is 0.886. The molecule has 0 aromatic carbocycles. The molecule has 0 aliphatic carbocycles. The van der Waals surface area contributed by atoms with E-state index in [9.17, 15) is 0 Å². The Morgan fingerprint density at radius 3 is 2.52 bits per heavy atom. The lowest BCUT2D eigenvalue weighted by Gasteiger charge is -2.33. The molecule has 2 aromatic heterocycles. The van der Waals surface area contributed by atoms with Crippen LogP contribution in [0.3, 0.4) is 0 Å². The number of fused-ring (bicyclic) bond motifs is 1. The maximum atomic E-state index is 4.67. The zero-order valence-electron chi connectivity index (χ0n) is 13.0. The first kappa shape index (κ1) is 14.2. The predicted octanol–water partition coefficient (Wildman–Crippen LogP) is 0.542. The van der Waals surface area contributed by atoms with Crippen molar-refractivity contribution in [2.24, 2.45) is 7.05 Å². The van der Waals surface area contributed by atoms with Crippen molar-refractivity contribution in [3.05, 3.63) is 12.0 Å². The number of nitrogens with zero attached hydrogens (tertiary/aromatic N) is 6. The van der Waals surface area contributed by atoms with Gasteiger partial charge in [-0.15, -0.1) is 0 Å². The Morgan fingerprint density at radius 2 is 1.86 bits per heavy atom. The van der Waals surface area contributed by atoms with Gasteiger partial charge in [-0.3, -0.25) is 9.58 Å². The van der Waals surface area contributed by atoms with Gasteiger partial charge in [0.05, 0.1) is 18.1 Å². The third-order valence-electron chi connectivity index (χ3n) is 4.15. The van der Waals surface area contributed by atoms with Gasteiger partial charge in [-0.25, -0.2) is 9.97 Å². The Kier molecular flexibility index (Phi) is 4.03. The molecule has 3 rings (SSSR count). The van der Waals surface area contributed by atoms with E-state index in [0.29, 0.717) is 0 Å². The summed E-state index contributed by atoms with van der Waals surface area (Å²) < 4.78 is 1.80. The average Bonchev–Trinajstić information content (AvgIpc) is 2.89. The first-order valence-corrected chi connectivity index (χ1v) is 7.52. The summed E-state index contributed by atoms with van der Waals surface area (Å²) in [6.07, 6.45) is 1.81. The predicted molar refractivity (Wildman–Crippen MR) is 83.2 cm³/mol. The average molecular weight is 289 g/mol. The van der Waals surface area contributed by atoms with Crippen molar-refractivity contribution >= 4 is 16.9 Å². The van der Waals surface area contributed by atoms with E-state index in [1.165, 1.54) is 0 Å². The molecule has 7 nitrogen and oxygen atoms in total. The second-order valence-electron chi connectivity index (χ2n) is 5.45. The van der Waals surface area contributed by atoms with Gasteiger partial charge in [-0.1, -0.05) is 6.92 Å². The van der Waals surface area contributed by atoms with Gasteiger partial charge in [0.1, 0.15) is 11.6 Å². The summed E-state index contributed by atoms with van der Waals surface area (Å²) in [5, 5.41) is 8.38. The molecule has 0 radical (unpaired) electrons. The quantitative estimate of drug-likeness (QED) is 0.886. The molecule has 0 unspecified atom stereocenters. The molecule has 1 N–H and O–H groups in total. The van der Waals surface area contributed by atoms with Gasteiger partial charge < -0.3 is 10.2 Å². The molecule has 21 heavy (non-hydrogen) atoms. The van der Waals surface area contributed by atoms with Crippen molar-refractivity contribution in [3.8, 4) is 0 Å². The first-order valence-electron chi connectivity index (χ1n) is 7.52.